The first kappa shape index (κ1) is 14.0. The van der Waals surface area contributed by atoms with E-state index in [0.717, 1.165) is 31.6 Å². The summed E-state index contributed by atoms with van der Waals surface area (Å²) in [5.41, 5.74) is 5.08. The van der Waals surface area contributed by atoms with Crippen LogP contribution in [0.25, 0.3) is 0 Å². The van der Waals surface area contributed by atoms with Gasteiger partial charge in [0.05, 0.1) is 12.3 Å². The van der Waals surface area contributed by atoms with Gasteiger partial charge < -0.3 is 10.1 Å². The second kappa shape index (κ2) is 7.21. The van der Waals surface area contributed by atoms with E-state index in [1.807, 2.05) is 12.1 Å². The zero-order chi connectivity index (χ0) is 13.5. The van der Waals surface area contributed by atoms with Crippen molar-refractivity contribution in [1.29, 1.82) is 0 Å². The molecular weight excluding hydrogens is 258 g/mol. The van der Waals surface area contributed by atoms with Crippen LogP contribution in [-0.4, -0.2) is 30.6 Å². The first-order valence-corrected chi connectivity index (χ1v) is 6.90. The Hall–Kier alpha value is -1.46. The number of nitrogens with one attached hydrogen (secondary N) is 2. The van der Waals surface area contributed by atoms with E-state index in [0.29, 0.717) is 5.11 Å². The molecule has 1 aromatic carbocycles. The molecule has 2 N–H and O–H groups in total. The van der Waals surface area contributed by atoms with Crippen LogP contribution in [0.5, 0.6) is 0 Å². The van der Waals surface area contributed by atoms with Gasteiger partial charge in [-0.1, -0.05) is 29.8 Å². The molecule has 0 amide bonds. The van der Waals surface area contributed by atoms with Crippen LogP contribution < -0.4 is 10.7 Å². The first-order chi connectivity index (χ1) is 9.24. The zero-order valence-electron chi connectivity index (χ0n) is 11.1. The fourth-order valence-corrected chi connectivity index (χ4v) is 2.01. The highest BCUT2D eigenvalue weighted by molar-refractivity contribution is 7.80. The van der Waals surface area contributed by atoms with Gasteiger partial charge in [-0.3, -0.25) is 5.43 Å². The molecule has 5 heteroatoms. The molecular formula is C14H19N3OS. The molecule has 102 valence electrons. The van der Waals surface area contributed by atoms with Crippen molar-refractivity contribution in [1.82, 2.24) is 10.7 Å². The maximum atomic E-state index is 5.50. The number of benzene rings is 1. The molecule has 4 nitrogen and oxygen atoms in total. The number of ether oxygens (including phenoxy) is 1. The summed E-state index contributed by atoms with van der Waals surface area (Å²) >= 11 is 5.13. The van der Waals surface area contributed by atoms with Crippen molar-refractivity contribution in [2.24, 2.45) is 5.10 Å². The Balaban J connectivity index is 1.69. The van der Waals surface area contributed by atoms with Gasteiger partial charge in [0.25, 0.3) is 0 Å². The Kier molecular flexibility index (Phi) is 5.30. The summed E-state index contributed by atoms with van der Waals surface area (Å²) in [4.78, 5) is 0. The highest BCUT2D eigenvalue weighted by Gasteiger charge is 2.14. The lowest BCUT2D eigenvalue weighted by molar-refractivity contribution is 0.114. The third-order valence-electron chi connectivity index (χ3n) is 2.97. The number of nitrogens with zero attached hydrogens (tertiary/aromatic N) is 1. The van der Waals surface area contributed by atoms with Gasteiger partial charge in [-0.2, -0.15) is 5.10 Å². The molecule has 1 unspecified atom stereocenters. The van der Waals surface area contributed by atoms with Crippen molar-refractivity contribution in [3.05, 3.63) is 35.4 Å². The van der Waals surface area contributed by atoms with Gasteiger partial charge in [-0.15, -0.1) is 0 Å². The maximum absolute atomic E-state index is 5.50. The van der Waals surface area contributed by atoms with Crippen LogP contribution in [0.15, 0.2) is 29.4 Å². The van der Waals surface area contributed by atoms with E-state index in [4.69, 9.17) is 17.0 Å². The summed E-state index contributed by atoms with van der Waals surface area (Å²) in [5, 5.41) is 7.73. The topological polar surface area (TPSA) is 45.7 Å². The Bertz CT molecular complexity index is 439. The van der Waals surface area contributed by atoms with Gasteiger partial charge in [0.1, 0.15) is 0 Å². The summed E-state index contributed by atoms with van der Waals surface area (Å²) in [7, 11) is 0. The van der Waals surface area contributed by atoms with Crippen molar-refractivity contribution in [3.63, 3.8) is 0 Å². The zero-order valence-corrected chi connectivity index (χ0v) is 11.9. The van der Waals surface area contributed by atoms with Gasteiger partial charge >= 0.3 is 0 Å². The first-order valence-electron chi connectivity index (χ1n) is 6.49. The lowest BCUT2D eigenvalue weighted by Gasteiger charge is -2.11. The summed E-state index contributed by atoms with van der Waals surface area (Å²) in [6.07, 6.45) is 4.26. The van der Waals surface area contributed by atoms with Crippen molar-refractivity contribution in [2.45, 2.75) is 25.9 Å². The number of hydrogen-bond donors (Lipinski definition) is 2. The van der Waals surface area contributed by atoms with Crippen LogP contribution in [0.4, 0.5) is 0 Å². The quantitative estimate of drug-likeness (QED) is 0.502. The lowest BCUT2D eigenvalue weighted by atomic mass is 10.2. The third-order valence-corrected chi connectivity index (χ3v) is 3.21. The Morgan fingerprint density at radius 3 is 2.95 bits per heavy atom. The minimum absolute atomic E-state index is 0.279. The number of rotatable bonds is 4. The molecule has 1 aliphatic rings. The summed E-state index contributed by atoms with van der Waals surface area (Å²) in [6, 6.07) is 8.14. The van der Waals surface area contributed by atoms with E-state index in [1.165, 1.54) is 5.56 Å². The highest BCUT2D eigenvalue weighted by Crippen LogP contribution is 2.10. The summed E-state index contributed by atoms with van der Waals surface area (Å²) in [6.45, 7) is 3.66. The number of thiocarbonyl (C=S) groups is 1. The molecule has 1 aliphatic heterocycles. The van der Waals surface area contributed by atoms with Crippen LogP contribution in [0.1, 0.15) is 24.0 Å². The molecule has 1 saturated heterocycles. The van der Waals surface area contributed by atoms with E-state index in [9.17, 15) is 0 Å². The smallest absolute Gasteiger partial charge is 0.187 e. The second-order valence-corrected chi connectivity index (χ2v) is 5.03. The fraction of sp³-hybridized carbons (Fsp3) is 0.429. The second-order valence-electron chi connectivity index (χ2n) is 4.63. The van der Waals surface area contributed by atoms with E-state index < -0.39 is 0 Å². The molecule has 0 radical (unpaired) electrons. The molecule has 1 atom stereocenters. The van der Waals surface area contributed by atoms with E-state index in [2.05, 4.69) is 34.9 Å². The standard InChI is InChI=1S/C14H19N3OS/c1-11-4-6-12(7-5-11)9-16-17-14(19)15-10-13-3-2-8-18-13/h4-7,9,13H,2-3,8,10H2,1H3,(H2,15,17,19)/b16-9+. The van der Waals surface area contributed by atoms with Crippen LogP contribution in [0.3, 0.4) is 0 Å². The predicted molar refractivity (Wildman–Crippen MR) is 81.5 cm³/mol. The number of hydrogen-bond acceptors (Lipinski definition) is 3. The SMILES string of the molecule is Cc1ccc(/C=N/NC(=S)NCC2CCCO2)cc1. The Labute approximate surface area is 119 Å². The molecule has 19 heavy (non-hydrogen) atoms. The molecule has 1 heterocycles. The Morgan fingerprint density at radius 1 is 1.47 bits per heavy atom. The van der Waals surface area contributed by atoms with Crippen molar-refractivity contribution >= 4 is 23.5 Å². The van der Waals surface area contributed by atoms with Crippen LogP contribution in [0, 0.1) is 6.92 Å². The molecule has 2 rings (SSSR count). The molecule has 0 spiro atoms. The van der Waals surface area contributed by atoms with Gasteiger partial charge in [0.15, 0.2) is 5.11 Å². The van der Waals surface area contributed by atoms with Crippen molar-refractivity contribution in [3.8, 4) is 0 Å². The minimum Gasteiger partial charge on any atom is -0.376 e. The third kappa shape index (κ3) is 4.96. The predicted octanol–water partition coefficient (Wildman–Crippen LogP) is 1.97. The summed E-state index contributed by atoms with van der Waals surface area (Å²) in [5.74, 6) is 0. The number of aryl methyl sites for hydroxylation is 1. The van der Waals surface area contributed by atoms with Gasteiger partial charge in [0, 0.05) is 13.2 Å². The monoisotopic (exact) mass is 277 g/mol. The van der Waals surface area contributed by atoms with Gasteiger partial charge in [-0.05, 0) is 37.5 Å². The molecule has 1 fully saturated rings. The maximum Gasteiger partial charge on any atom is 0.187 e. The van der Waals surface area contributed by atoms with Crippen LogP contribution in [-0.2, 0) is 4.74 Å². The Morgan fingerprint density at radius 2 is 2.26 bits per heavy atom. The van der Waals surface area contributed by atoms with Crippen molar-refractivity contribution < 1.29 is 4.74 Å². The highest BCUT2D eigenvalue weighted by atomic mass is 32.1. The largest absolute Gasteiger partial charge is 0.376 e. The minimum atomic E-state index is 0.279. The van der Waals surface area contributed by atoms with E-state index >= 15 is 0 Å². The average Bonchev–Trinajstić information content (AvgIpc) is 2.92. The lowest BCUT2D eigenvalue weighted by Crippen LogP contribution is -2.37. The van der Waals surface area contributed by atoms with E-state index in [-0.39, 0.29) is 6.10 Å². The van der Waals surface area contributed by atoms with Crippen molar-refractivity contribution in [2.75, 3.05) is 13.2 Å². The molecule has 0 bridgehead atoms. The summed E-state index contributed by atoms with van der Waals surface area (Å²) < 4.78 is 5.50. The molecule has 1 aromatic rings. The number of hydrazone groups is 1. The van der Waals surface area contributed by atoms with Gasteiger partial charge in [0.2, 0.25) is 0 Å². The van der Waals surface area contributed by atoms with E-state index in [1.54, 1.807) is 6.21 Å². The van der Waals surface area contributed by atoms with Crippen LogP contribution in [0.2, 0.25) is 0 Å². The molecule has 0 aromatic heterocycles. The van der Waals surface area contributed by atoms with Gasteiger partial charge in [-0.25, -0.2) is 0 Å². The van der Waals surface area contributed by atoms with Crippen LogP contribution >= 0.6 is 12.2 Å². The normalized spacial score (nSPS) is 18.7. The fourth-order valence-electron chi connectivity index (χ4n) is 1.87. The molecule has 0 aliphatic carbocycles. The average molecular weight is 277 g/mol. The molecule has 0 saturated carbocycles.